The van der Waals surface area contributed by atoms with Gasteiger partial charge in [0.2, 0.25) is 5.91 Å². The fraction of sp³-hybridized carbons (Fsp3) is 0.167. The number of aromatic nitrogens is 1. The Morgan fingerprint density at radius 1 is 1.08 bits per heavy atom. The van der Waals surface area contributed by atoms with Crippen LogP contribution < -0.4 is 5.32 Å². The molecule has 3 aromatic rings. The van der Waals surface area contributed by atoms with E-state index >= 15 is 0 Å². The van der Waals surface area contributed by atoms with Gasteiger partial charge >= 0.3 is 0 Å². The second kappa shape index (κ2) is 7.97. The Morgan fingerprint density at radius 2 is 1.83 bits per heavy atom. The number of benzene rings is 2. The molecule has 0 fully saturated rings. The van der Waals surface area contributed by atoms with Gasteiger partial charge in [0.05, 0.1) is 15.8 Å². The lowest BCUT2D eigenvalue weighted by molar-refractivity contribution is -0.118. The summed E-state index contributed by atoms with van der Waals surface area (Å²) in [5.41, 5.74) is 2.32. The number of hydrogen-bond donors (Lipinski definition) is 2. The van der Waals surface area contributed by atoms with Crippen LogP contribution in [-0.4, -0.2) is 23.2 Å². The number of halogens is 2. The first-order valence-corrected chi connectivity index (χ1v) is 9.28. The van der Waals surface area contributed by atoms with E-state index in [4.69, 9.17) is 23.2 Å². The van der Waals surface area contributed by atoms with E-state index < -0.39 is 0 Å². The molecule has 1 heterocycles. The Kier molecular flexibility index (Phi) is 5.72. The third-order valence-electron chi connectivity index (χ3n) is 3.66. The molecular formula is C18H16Cl2N2OS. The van der Waals surface area contributed by atoms with E-state index in [0.29, 0.717) is 16.6 Å². The van der Waals surface area contributed by atoms with Gasteiger partial charge in [-0.25, -0.2) is 0 Å². The van der Waals surface area contributed by atoms with Gasteiger partial charge in [0.1, 0.15) is 0 Å². The quantitative estimate of drug-likeness (QED) is 0.597. The van der Waals surface area contributed by atoms with Crippen molar-refractivity contribution in [2.24, 2.45) is 0 Å². The van der Waals surface area contributed by atoms with Crippen LogP contribution in [0.5, 0.6) is 0 Å². The SMILES string of the molecule is O=C(CSc1c(Cl)cccc1Cl)NCCc1c[nH]c2ccccc12. The van der Waals surface area contributed by atoms with E-state index in [1.165, 1.54) is 22.7 Å². The van der Waals surface area contributed by atoms with Gasteiger partial charge in [-0.15, -0.1) is 11.8 Å². The van der Waals surface area contributed by atoms with Crippen molar-refractivity contribution >= 4 is 51.8 Å². The minimum absolute atomic E-state index is 0.0316. The fourth-order valence-corrected chi connectivity index (χ4v) is 4.00. The minimum Gasteiger partial charge on any atom is -0.361 e. The monoisotopic (exact) mass is 378 g/mol. The lowest BCUT2D eigenvalue weighted by Gasteiger charge is -2.07. The number of rotatable bonds is 6. The first-order valence-electron chi connectivity index (χ1n) is 7.53. The van der Waals surface area contributed by atoms with Crippen LogP contribution in [-0.2, 0) is 11.2 Å². The molecule has 6 heteroatoms. The molecule has 3 nitrogen and oxygen atoms in total. The highest BCUT2D eigenvalue weighted by Gasteiger charge is 2.09. The molecule has 1 aromatic heterocycles. The topological polar surface area (TPSA) is 44.9 Å². The lowest BCUT2D eigenvalue weighted by Crippen LogP contribution is -2.27. The van der Waals surface area contributed by atoms with E-state index in [9.17, 15) is 4.79 Å². The van der Waals surface area contributed by atoms with Crippen LogP contribution in [0, 0.1) is 0 Å². The van der Waals surface area contributed by atoms with Gasteiger partial charge in [0, 0.05) is 28.5 Å². The molecular weight excluding hydrogens is 363 g/mol. The number of amides is 1. The first-order chi connectivity index (χ1) is 11.6. The number of thioether (sulfide) groups is 1. The van der Waals surface area contributed by atoms with Crippen LogP contribution in [0.3, 0.4) is 0 Å². The van der Waals surface area contributed by atoms with Crippen LogP contribution in [0.2, 0.25) is 10.0 Å². The Hall–Kier alpha value is -1.62. The Morgan fingerprint density at radius 3 is 2.62 bits per heavy atom. The zero-order chi connectivity index (χ0) is 16.9. The van der Waals surface area contributed by atoms with E-state index in [1.54, 1.807) is 18.2 Å². The average Bonchev–Trinajstić information content (AvgIpc) is 2.98. The maximum Gasteiger partial charge on any atom is 0.230 e. The minimum atomic E-state index is -0.0316. The van der Waals surface area contributed by atoms with Crippen molar-refractivity contribution in [1.29, 1.82) is 0 Å². The molecule has 0 bridgehead atoms. The molecule has 2 N–H and O–H groups in total. The molecule has 0 unspecified atom stereocenters. The highest BCUT2D eigenvalue weighted by Crippen LogP contribution is 2.33. The van der Waals surface area contributed by atoms with Crippen molar-refractivity contribution in [1.82, 2.24) is 10.3 Å². The predicted molar refractivity (Wildman–Crippen MR) is 102 cm³/mol. The number of nitrogens with one attached hydrogen (secondary N) is 2. The summed E-state index contributed by atoms with van der Waals surface area (Å²) in [6.45, 7) is 0.595. The summed E-state index contributed by atoms with van der Waals surface area (Å²) in [7, 11) is 0. The molecule has 0 spiro atoms. The van der Waals surface area contributed by atoms with Gasteiger partial charge in [-0.3, -0.25) is 4.79 Å². The number of H-pyrrole nitrogens is 1. The molecule has 0 aliphatic rings. The molecule has 0 aliphatic heterocycles. The summed E-state index contributed by atoms with van der Waals surface area (Å²) in [5, 5.41) is 5.27. The summed E-state index contributed by atoms with van der Waals surface area (Å²) >= 11 is 13.5. The third kappa shape index (κ3) is 4.07. The molecule has 0 saturated carbocycles. The van der Waals surface area contributed by atoms with E-state index in [0.717, 1.165) is 16.8 Å². The van der Waals surface area contributed by atoms with Crippen LogP contribution in [0.1, 0.15) is 5.56 Å². The number of aromatic amines is 1. The number of hydrogen-bond acceptors (Lipinski definition) is 2. The normalized spacial score (nSPS) is 10.9. The van der Waals surface area contributed by atoms with Crippen LogP contribution in [0.15, 0.2) is 53.6 Å². The molecule has 0 radical (unpaired) electrons. The highest BCUT2D eigenvalue weighted by atomic mass is 35.5. The van der Waals surface area contributed by atoms with Gasteiger partial charge in [0.25, 0.3) is 0 Å². The average molecular weight is 379 g/mol. The predicted octanol–water partition coefficient (Wildman–Crippen LogP) is 4.93. The molecule has 0 aliphatic carbocycles. The molecule has 24 heavy (non-hydrogen) atoms. The first kappa shape index (κ1) is 17.2. The fourth-order valence-electron chi connectivity index (χ4n) is 2.48. The zero-order valence-corrected chi connectivity index (χ0v) is 15.1. The molecule has 2 aromatic carbocycles. The van der Waals surface area contributed by atoms with Crippen LogP contribution in [0.4, 0.5) is 0 Å². The van der Waals surface area contributed by atoms with Crippen LogP contribution in [0.25, 0.3) is 10.9 Å². The van der Waals surface area contributed by atoms with E-state index in [-0.39, 0.29) is 11.7 Å². The smallest absolute Gasteiger partial charge is 0.230 e. The summed E-state index contributed by atoms with van der Waals surface area (Å²) < 4.78 is 0. The maximum atomic E-state index is 12.0. The molecule has 124 valence electrons. The van der Waals surface area contributed by atoms with E-state index in [1.807, 2.05) is 24.4 Å². The summed E-state index contributed by atoms with van der Waals surface area (Å²) in [6.07, 6.45) is 2.78. The highest BCUT2D eigenvalue weighted by molar-refractivity contribution is 8.00. The molecule has 0 atom stereocenters. The lowest BCUT2D eigenvalue weighted by atomic mass is 10.1. The van der Waals surface area contributed by atoms with Crippen molar-refractivity contribution in [2.75, 3.05) is 12.3 Å². The Bertz CT molecular complexity index is 843. The van der Waals surface area contributed by atoms with Crippen LogP contribution >= 0.6 is 35.0 Å². The van der Waals surface area contributed by atoms with E-state index in [2.05, 4.69) is 16.4 Å². The van der Waals surface area contributed by atoms with Crippen molar-refractivity contribution in [2.45, 2.75) is 11.3 Å². The van der Waals surface area contributed by atoms with Crippen molar-refractivity contribution in [3.63, 3.8) is 0 Å². The Labute approximate surface area is 154 Å². The second-order valence-electron chi connectivity index (χ2n) is 5.30. The maximum absolute atomic E-state index is 12.0. The van der Waals surface area contributed by atoms with Gasteiger partial charge in [-0.05, 0) is 30.2 Å². The molecule has 0 saturated heterocycles. The Balaban J connectivity index is 1.49. The summed E-state index contributed by atoms with van der Waals surface area (Å²) in [6, 6.07) is 13.5. The largest absolute Gasteiger partial charge is 0.361 e. The number of carbonyl (C=O) groups is 1. The number of para-hydroxylation sites is 1. The summed E-state index contributed by atoms with van der Waals surface area (Å²) in [5.74, 6) is 0.257. The zero-order valence-electron chi connectivity index (χ0n) is 12.8. The molecule has 1 amide bonds. The van der Waals surface area contributed by atoms with Gasteiger partial charge < -0.3 is 10.3 Å². The number of fused-ring (bicyclic) bond motifs is 1. The van der Waals surface area contributed by atoms with Crippen molar-refractivity contribution < 1.29 is 4.79 Å². The molecule has 3 rings (SSSR count). The standard InChI is InChI=1S/C18H16Cl2N2OS/c19-14-5-3-6-15(20)18(14)24-11-17(23)21-9-8-12-10-22-16-7-2-1-4-13(12)16/h1-7,10,22H,8-9,11H2,(H,21,23). The van der Waals surface area contributed by atoms with Gasteiger partial charge in [-0.2, -0.15) is 0 Å². The number of carbonyl (C=O) groups excluding carboxylic acids is 1. The van der Waals surface area contributed by atoms with Crippen molar-refractivity contribution in [3.8, 4) is 0 Å². The van der Waals surface area contributed by atoms with Gasteiger partial charge in [0.15, 0.2) is 0 Å². The van der Waals surface area contributed by atoms with Gasteiger partial charge in [-0.1, -0.05) is 47.5 Å². The third-order valence-corrected chi connectivity index (χ3v) is 5.65. The second-order valence-corrected chi connectivity index (χ2v) is 7.10. The van der Waals surface area contributed by atoms with Crippen molar-refractivity contribution in [3.05, 3.63) is 64.3 Å². The summed E-state index contributed by atoms with van der Waals surface area (Å²) in [4.78, 5) is 16.0.